The van der Waals surface area contributed by atoms with E-state index in [2.05, 4.69) is 36.6 Å². The van der Waals surface area contributed by atoms with Gasteiger partial charge in [0.05, 0.1) is 10.6 Å². The zero-order valence-corrected chi connectivity index (χ0v) is 18.8. The van der Waals surface area contributed by atoms with E-state index in [4.69, 9.17) is 11.6 Å². The van der Waals surface area contributed by atoms with E-state index in [0.717, 1.165) is 34.4 Å². The lowest BCUT2D eigenvalue weighted by molar-refractivity contribution is -0.113. The highest BCUT2D eigenvalue weighted by molar-refractivity contribution is 8.19. The van der Waals surface area contributed by atoms with Crippen molar-refractivity contribution in [3.05, 3.63) is 86.5 Å². The van der Waals surface area contributed by atoms with Gasteiger partial charge in [-0.05, 0) is 98.6 Å². The van der Waals surface area contributed by atoms with Gasteiger partial charge in [-0.1, -0.05) is 23.7 Å². The Hall–Kier alpha value is -2.76. The summed E-state index contributed by atoms with van der Waals surface area (Å²) < 4.78 is 2.17. The van der Waals surface area contributed by atoms with E-state index < -0.39 is 0 Å². The van der Waals surface area contributed by atoms with E-state index in [1.807, 2.05) is 19.9 Å². The molecule has 1 aromatic heterocycles. The number of thioether (sulfide) groups is 1. The van der Waals surface area contributed by atoms with E-state index in [-0.39, 0.29) is 11.1 Å². The lowest BCUT2D eigenvalue weighted by Gasteiger charge is -2.12. The lowest BCUT2D eigenvalue weighted by atomic mass is 10.1. The molecule has 1 fully saturated rings. The van der Waals surface area contributed by atoms with E-state index >= 15 is 0 Å². The summed E-state index contributed by atoms with van der Waals surface area (Å²) >= 11 is 6.98. The second kappa shape index (κ2) is 7.82. The molecule has 30 heavy (non-hydrogen) atoms. The largest absolute Gasteiger partial charge is 0.318 e. The molecule has 152 valence electrons. The molecule has 4 rings (SSSR count). The summed E-state index contributed by atoms with van der Waals surface area (Å²) in [6, 6.07) is 15.2. The van der Waals surface area contributed by atoms with Gasteiger partial charge >= 0.3 is 0 Å². The van der Waals surface area contributed by atoms with Crippen molar-refractivity contribution in [2.45, 2.75) is 27.7 Å². The third kappa shape index (κ3) is 3.59. The first kappa shape index (κ1) is 20.5. The first-order valence-corrected chi connectivity index (χ1v) is 10.8. The van der Waals surface area contributed by atoms with Crippen LogP contribution in [-0.4, -0.2) is 15.7 Å². The Morgan fingerprint density at radius 1 is 0.900 bits per heavy atom. The highest BCUT2D eigenvalue weighted by Gasteiger charge is 2.36. The number of halogens is 1. The Balaban J connectivity index is 1.71. The fourth-order valence-electron chi connectivity index (χ4n) is 3.64. The van der Waals surface area contributed by atoms with Gasteiger partial charge in [-0.2, -0.15) is 0 Å². The number of hydrogen-bond donors (Lipinski definition) is 0. The maximum absolute atomic E-state index is 13.0. The van der Waals surface area contributed by atoms with Crippen LogP contribution in [0.2, 0.25) is 5.02 Å². The van der Waals surface area contributed by atoms with Crippen molar-refractivity contribution in [3.63, 3.8) is 0 Å². The average molecular weight is 437 g/mol. The maximum atomic E-state index is 13.0. The molecule has 0 spiro atoms. The zero-order valence-electron chi connectivity index (χ0n) is 17.2. The monoisotopic (exact) mass is 436 g/mol. The molecule has 0 aliphatic carbocycles. The molecule has 1 aliphatic heterocycles. The number of aryl methyl sites for hydroxylation is 3. The van der Waals surface area contributed by atoms with Crippen LogP contribution in [0.5, 0.6) is 0 Å². The topological polar surface area (TPSA) is 42.3 Å². The van der Waals surface area contributed by atoms with Crippen LogP contribution < -0.4 is 4.90 Å². The van der Waals surface area contributed by atoms with E-state index in [1.54, 1.807) is 30.3 Å². The van der Waals surface area contributed by atoms with Crippen LogP contribution in [0.25, 0.3) is 11.8 Å². The number of anilines is 1. The number of carbonyl (C=O) groups excluding carboxylic acids is 2. The number of rotatable bonds is 3. The molecule has 1 saturated heterocycles. The minimum absolute atomic E-state index is 0.323. The molecule has 0 unspecified atom stereocenters. The molecule has 3 aromatic rings. The Labute approximate surface area is 185 Å². The molecule has 0 radical (unpaired) electrons. The summed E-state index contributed by atoms with van der Waals surface area (Å²) in [5.41, 5.74) is 7.04. The van der Waals surface area contributed by atoms with Crippen molar-refractivity contribution >= 4 is 46.3 Å². The van der Waals surface area contributed by atoms with Crippen LogP contribution in [0.3, 0.4) is 0 Å². The molecule has 0 atom stereocenters. The number of nitrogens with zero attached hydrogens (tertiary/aromatic N) is 2. The predicted octanol–water partition coefficient (Wildman–Crippen LogP) is 6.61. The first-order valence-electron chi connectivity index (χ1n) is 9.56. The van der Waals surface area contributed by atoms with Crippen LogP contribution in [0.4, 0.5) is 10.5 Å². The predicted molar refractivity (Wildman–Crippen MR) is 125 cm³/mol. The third-order valence-electron chi connectivity index (χ3n) is 5.37. The molecule has 4 nitrogen and oxygen atoms in total. The normalized spacial score (nSPS) is 15.5. The van der Waals surface area contributed by atoms with Crippen LogP contribution in [0.15, 0.2) is 53.4 Å². The molecule has 2 aromatic carbocycles. The summed E-state index contributed by atoms with van der Waals surface area (Å²) in [5.74, 6) is -0.330. The van der Waals surface area contributed by atoms with Crippen molar-refractivity contribution in [2.75, 3.05) is 4.90 Å². The van der Waals surface area contributed by atoms with Crippen molar-refractivity contribution < 1.29 is 9.59 Å². The molecule has 6 heteroatoms. The zero-order chi connectivity index (χ0) is 21.6. The fourth-order valence-corrected chi connectivity index (χ4v) is 4.66. The Kier molecular flexibility index (Phi) is 5.35. The van der Waals surface area contributed by atoms with Crippen molar-refractivity contribution in [2.24, 2.45) is 0 Å². The number of benzene rings is 2. The average Bonchev–Trinajstić information content (AvgIpc) is 3.12. The summed E-state index contributed by atoms with van der Waals surface area (Å²) in [6.45, 7) is 8.25. The Morgan fingerprint density at radius 3 is 2.37 bits per heavy atom. The lowest BCUT2D eigenvalue weighted by Crippen LogP contribution is -2.27. The quantitative estimate of drug-likeness (QED) is 0.434. The van der Waals surface area contributed by atoms with Crippen LogP contribution in [0.1, 0.15) is 28.1 Å². The first-order chi connectivity index (χ1) is 14.3. The second-order valence-corrected chi connectivity index (χ2v) is 8.86. The van der Waals surface area contributed by atoms with Gasteiger partial charge in [0.2, 0.25) is 0 Å². The Morgan fingerprint density at radius 2 is 1.67 bits per heavy atom. The van der Waals surface area contributed by atoms with Gasteiger partial charge in [-0.25, -0.2) is 4.90 Å². The van der Waals surface area contributed by atoms with Crippen molar-refractivity contribution in [1.82, 2.24) is 4.57 Å². The summed E-state index contributed by atoms with van der Waals surface area (Å²) in [6.07, 6.45) is 1.80. The second-order valence-electron chi connectivity index (χ2n) is 7.43. The molecular weight excluding hydrogens is 416 g/mol. The van der Waals surface area contributed by atoms with Gasteiger partial charge in [0, 0.05) is 22.1 Å². The summed E-state index contributed by atoms with van der Waals surface area (Å²) in [7, 11) is 0. The molecular formula is C24H21ClN2O2S. The number of carbonyl (C=O) groups is 2. The number of hydrogen-bond acceptors (Lipinski definition) is 3. The molecule has 2 heterocycles. The number of imide groups is 1. The Bertz CT molecular complexity index is 1230. The van der Waals surface area contributed by atoms with Gasteiger partial charge in [0.25, 0.3) is 11.1 Å². The highest BCUT2D eigenvalue weighted by atomic mass is 35.5. The van der Waals surface area contributed by atoms with Gasteiger partial charge < -0.3 is 4.57 Å². The molecule has 2 amide bonds. The minimum atomic E-state index is -0.330. The SMILES string of the molecule is Cc1ccc(-n2c(C)cc(/C=C3/SC(=O)N(c4cccc(Cl)c4)C3=O)c2C)cc1C. The van der Waals surface area contributed by atoms with E-state index in [1.165, 1.54) is 16.0 Å². The number of amides is 2. The molecule has 0 bridgehead atoms. The third-order valence-corrected chi connectivity index (χ3v) is 6.47. The maximum Gasteiger partial charge on any atom is 0.298 e. The van der Waals surface area contributed by atoms with Crippen LogP contribution in [0, 0.1) is 27.7 Å². The summed E-state index contributed by atoms with van der Waals surface area (Å²) in [4.78, 5) is 27.1. The highest BCUT2D eigenvalue weighted by Crippen LogP contribution is 2.37. The van der Waals surface area contributed by atoms with Gasteiger partial charge in [0.15, 0.2) is 0 Å². The van der Waals surface area contributed by atoms with Gasteiger partial charge in [-0.3, -0.25) is 9.59 Å². The van der Waals surface area contributed by atoms with Crippen LogP contribution >= 0.6 is 23.4 Å². The van der Waals surface area contributed by atoms with Gasteiger partial charge in [-0.15, -0.1) is 0 Å². The summed E-state index contributed by atoms with van der Waals surface area (Å²) in [5, 5.41) is 0.156. The molecule has 0 saturated carbocycles. The van der Waals surface area contributed by atoms with Crippen molar-refractivity contribution in [3.8, 4) is 5.69 Å². The van der Waals surface area contributed by atoms with E-state index in [0.29, 0.717) is 15.6 Å². The van der Waals surface area contributed by atoms with Crippen molar-refractivity contribution in [1.29, 1.82) is 0 Å². The standard InChI is InChI=1S/C24H21ClN2O2S/c1-14-8-9-21(10-15(14)2)26-16(3)11-18(17(26)4)12-22-23(28)27(24(29)30-22)20-7-5-6-19(25)13-20/h5-13H,1-4H3/b22-12+. The fraction of sp³-hybridized carbons (Fsp3) is 0.167. The molecule has 0 N–H and O–H groups in total. The van der Waals surface area contributed by atoms with Gasteiger partial charge in [0.1, 0.15) is 0 Å². The number of aromatic nitrogens is 1. The van der Waals surface area contributed by atoms with Crippen LogP contribution in [-0.2, 0) is 4.79 Å². The van der Waals surface area contributed by atoms with E-state index in [9.17, 15) is 9.59 Å². The molecule has 1 aliphatic rings. The smallest absolute Gasteiger partial charge is 0.298 e. The minimum Gasteiger partial charge on any atom is -0.318 e.